The molecule has 1 N–H and O–H groups in total. The van der Waals surface area contributed by atoms with Gasteiger partial charge in [-0.1, -0.05) is 0 Å². The van der Waals surface area contributed by atoms with E-state index in [1.54, 1.807) is 0 Å². The van der Waals surface area contributed by atoms with Gasteiger partial charge in [0.1, 0.15) is 0 Å². The van der Waals surface area contributed by atoms with Crippen LogP contribution >= 0.6 is 0 Å². The Kier molecular flexibility index (Phi) is 0.942. The van der Waals surface area contributed by atoms with Gasteiger partial charge in [-0.2, -0.15) is 4.39 Å². The van der Waals surface area contributed by atoms with Gasteiger partial charge >= 0.3 is 0 Å². The van der Waals surface area contributed by atoms with Crippen molar-refractivity contribution < 1.29 is 9.13 Å². The number of ether oxygens (including phenoxy) is 1. The lowest BCUT2D eigenvalue weighted by molar-refractivity contribution is 0.148. The molecule has 0 aromatic carbocycles. The number of rotatable bonds is 2. The zero-order valence-corrected chi connectivity index (χ0v) is 4.44. The van der Waals surface area contributed by atoms with Gasteiger partial charge in [-0.3, -0.25) is 5.41 Å². The standard InChI is InChI=1S/C5H6FNO/c1-8-5(2-3-5)4(6)7/h2-3,7H,1H3. The van der Waals surface area contributed by atoms with Crippen LogP contribution in [0, 0.1) is 5.41 Å². The lowest BCUT2D eigenvalue weighted by atomic mass is 10.3. The molecule has 0 bridgehead atoms. The summed E-state index contributed by atoms with van der Waals surface area (Å²) in [5.41, 5.74) is -1.04. The van der Waals surface area contributed by atoms with E-state index in [1.807, 2.05) is 0 Å². The second kappa shape index (κ2) is 1.39. The normalized spacial score (nSPS) is 20.8. The predicted octanol–water partition coefficient (Wildman–Crippen LogP) is 0.888. The summed E-state index contributed by atoms with van der Waals surface area (Å²) in [6.07, 6.45) is 2.99. The molecule has 0 atom stereocenters. The van der Waals surface area contributed by atoms with E-state index in [0.29, 0.717) is 0 Å². The van der Waals surface area contributed by atoms with Crippen molar-refractivity contribution in [3.05, 3.63) is 12.2 Å². The number of hydrogen-bond acceptors (Lipinski definition) is 2. The fourth-order valence-electron chi connectivity index (χ4n) is 0.448. The summed E-state index contributed by atoms with van der Waals surface area (Å²) in [6.45, 7) is 0. The van der Waals surface area contributed by atoms with E-state index in [4.69, 9.17) is 5.41 Å². The Morgan fingerprint density at radius 2 is 2.25 bits per heavy atom. The molecule has 0 radical (unpaired) electrons. The Labute approximate surface area is 46.5 Å². The van der Waals surface area contributed by atoms with E-state index < -0.39 is 11.6 Å². The van der Waals surface area contributed by atoms with Gasteiger partial charge in [-0.25, -0.2) is 0 Å². The maximum Gasteiger partial charge on any atom is 0.222 e. The summed E-state index contributed by atoms with van der Waals surface area (Å²) in [6, 6.07) is 0. The summed E-state index contributed by atoms with van der Waals surface area (Å²) in [5, 5.41) is 6.51. The number of halogens is 1. The molecule has 44 valence electrons. The van der Waals surface area contributed by atoms with Gasteiger partial charge in [0.2, 0.25) is 5.97 Å². The molecule has 8 heavy (non-hydrogen) atoms. The lowest BCUT2D eigenvalue weighted by Crippen LogP contribution is -2.21. The number of hydrogen-bond donors (Lipinski definition) is 1. The van der Waals surface area contributed by atoms with Gasteiger partial charge in [0.05, 0.1) is 0 Å². The molecule has 3 heteroatoms. The first-order valence-corrected chi connectivity index (χ1v) is 2.21. The van der Waals surface area contributed by atoms with Gasteiger partial charge in [-0.05, 0) is 12.2 Å². The Bertz CT molecular complexity index is 147. The molecule has 1 aliphatic rings. The van der Waals surface area contributed by atoms with Crippen LogP contribution in [0.15, 0.2) is 12.2 Å². The molecule has 0 saturated heterocycles. The van der Waals surface area contributed by atoms with Crippen LogP contribution in [0.25, 0.3) is 0 Å². The van der Waals surface area contributed by atoms with Crippen LogP contribution in [-0.2, 0) is 4.74 Å². The van der Waals surface area contributed by atoms with Crippen LogP contribution in [-0.4, -0.2) is 18.7 Å². The molecular formula is C5H6FNO. The molecule has 1 rings (SSSR count). The molecule has 0 aromatic heterocycles. The minimum Gasteiger partial charge on any atom is -0.361 e. The second-order valence-corrected chi connectivity index (χ2v) is 1.64. The largest absolute Gasteiger partial charge is 0.361 e. The summed E-state index contributed by atoms with van der Waals surface area (Å²) in [4.78, 5) is 0. The second-order valence-electron chi connectivity index (χ2n) is 1.64. The quantitative estimate of drug-likeness (QED) is 0.420. The summed E-state index contributed by atoms with van der Waals surface area (Å²) in [7, 11) is 1.37. The highest BCUT2D eigenvalue weighted by molar-refractivity contribution is 5.91. The van der Waals surface area contributed by atoms with Crippen LogP contribution in [0.3, 0.4) is 0 Å². The minimum absolute atomic E-state index is 0.944. The average Bonchev–Trinajstić information content (AvgIpc) is 2.44. The van der Waals surface area contributed by atoms with Crippen molar-refractivity contribution >= 4 is 5.97 Å². The van der Waals surface area contributed by atoms with Gasteiger partial charge < -0.3 is 4.74 Å². The zero-order chi connectivity index (χ0) is 6.20. The fourth-order valence-corrected chi connectivity index (χ4v) is 0.448. The summed E-state index contributed by atoms with van der Waals surface area (Å²) in [5.74, 6) is -0.944. The third-order valence-electron chi connectivity index (χ3n) is 1.15. The molecule has 0 unspecified atom stereocenters. The van der Waals surface area contributed by atoms with Gasteiger partial charge in [0.25, 0.3) is 0 Å². The SMILES string of the molecule is COC1(C(=N)F)C=C1. The molecule has 0 heterocycles. The molecule has 1 aliphatic carbocycles. The maximum absolute atomic E-state index is 11.9. The minimum atomic E-state index is -1.04. The molecule has 0 spiro atoms. The highest BCUT2D eigenvalue weighted by Crippen LogP contribution is 2.28. The molecule has 0 fully saturated rings. The smallest absolute Gasteiger partial charge is 0.222 e. The number of nitrogens with one attached hydrogen (secondary N) is 1. The van der Waals surface area contributed by atoms with Crippen LogP contribution in [0.2, 0.25) is 0 Å². The Balaban J connectivity index is 2.55. The predicted molar refractivity (Wildman–Crippen MR) is 27.7 cm³/mol. The fraction of sp³-hybridized carbons (Fsp3) is 0.400. The van der Waals surface area contributed by atoms with E-state index in [2.05, 4.69) is 4.74 Å². The first kappa shape index (κ1) is 5.44. The molecule has 0 amide bonds. The van der Waals surface area contributed by atoms with Crippen LogP contribution in [0.5, 0.6) is 0 Å². The van der Waals surface area contributed by atoms with Crippen molar-refractivity contribution in [3.63, 3.8) is 0 Å². The van der Waals surface area contributed by atoms with Crippen molar-refractivity contribution in [2.45, 2.75) is 5.60 Å². The van der Waals surface area contributed by atoms with Crippen LogP contribution in [0.1, 0.15) is 0 Å². The van der Waals surface area contributed by atoms with Crippen LogP contribution in [0.4, 0.5) is 4.39 Å². The van der Waals surface area contributed by atoms with Gasteiger partial charge in [0, 0.05) is 7.11 Å². The van der Waals surface area contributed by atoms with Crippen LogP contribution < -0.4 is 0 Å². The first-order chi connectivity index (χ1) is 3.71. The Morgan fingerprint density at radius 1 is 1.75 bits per heavy atom. The van der Waals surface area contributed by atoms with Crippen molar-refractivity contribution in [2.24, 2.45) is 0 Å². The number of methoxy groups -OCH3 is 1. The summed E-state index contributed by atoms with van der Waals surface area (Å²) >= 11 is 0. The van der Waals surface area contributed by atoms with Gasteiger partial charge in [-0.15, -0.1) is 0 Å². The topological polar surface area (TPSA) is 33.1 Å². The third kappa shape index (κ3) is 0.554. The van der Waals surface area contributed by atoms with Gasteiger partial charge in [0.15, 0.2) is 5.60 Å². The van der Waals surface area contributed by atoms with Crippen molar-refractivity contribution in [2.75, 3.05) is 7.11 Å². The van der Waals surface area contributed by atoms with Crippen molar-refractivity contribution in [3.8, 4) is 0 Å². The van der Waals surface area contributed by atoms with Crippen molar-refractivity contribution in [1.29, 1.82) is 5.41 Å². The highest BCUT2D eigenvalue weighted by Gasteiger charge is 2.39. The van der Waals surface area contributed by atoms with E-state index >= 15 is 0 Å². The highest BCUT2D eigenvalue weighted by atomic mass is 19.1. The molecule has 0 saturated carbocycles. The lowest BCUT2D eigenvalue weighted by Gasteiger charge is -2.06. The monoisotopic (exact) mass is 115 g/mol. The average molecular weight is 115 g/mol. The Morgan fingerprint density at radius 3 is 2.25 bits per heavy atom. The van der Waals surface area contributed by atoms with E-state index in [1.165, 1.54) is 19.3 Å². The van der Waals surface area contributed by atoms with E-state index in [0.717, 1.165) is 0 Å². The molecule has 0 aromatic rings. The molecule has 2 nitrogen and oxygen atoms in total. The summed E-state index contributed by atoms with van der Waals surface area (Å²) < 4.78 is 16.5. The zero-order valence-electron chi connectivity index (χ0n) is 4.44. The molecule has 0 aliphatic heterocycles. The molecular weight excluding hydrogens is 109 g/mol. The first-order valence-electron chi connectivity index (χ1n) is 2.21. The van der Waals surface area contributed by atoms with E-state index in [9.17, 15) is 4.39 Å². The maximum atomic E-state index is 11.9. The third-order valence-corrected chi connectivity index (χ3v) is 1.15. The van der Waals surface area contributed by atoms with E-state index in [-0.39, 0.29) is 0 Å². The Hall–Kier alpha value is -0.700. The van der Waals surface area contributed by atoms with Crippen molar-refractivity contribution in [1.82, 2.24) is 0 Å².